The number of non-ortho nitro benzene ring substituents is 1. The van der Waals surface area contributed by atoms with Gasteiger partial charge in [0.2, 0.25) is 0 Å². The van der Waals surface area contributed by atoms with Crippen LogP contribution in [0.25, 0.3) is 6.08 Å². The smallest absolute Gasteiger partial charge is 0.270 e. The molecule has 0 radical (unpaired) electrons. The quantitative estimate of drug-likeness (QED) is 0.443. The van der Waals surface area contributed by atoms with Crippen molar-refractivity contribution in [3.63, 3.8) is 0 Å². The Morgan fingerprint density at radius 2 is 1.73 bits per heavy atom. The third kappa shape index (κ3) is 5.21. The molecule has 1 saturated heterocycles. The van der Waals surface area contributed by atoms with E-state index >= 15 is 0 Å². The van der Waals surface area contributed by atoms with E-state index in [0.29, 0.717) is 37.6 Å². The lowest BCUT2D eigenvalue weighted by atomic mass is 10.1. The number of rotatable bonds is 6. The van der Waals surface area contributed by atoms with E-state index in [1.807, 2.05) is 0 Å². The van der Waals surface area contributed by atoms with E-state index in [-0.39, 0.29) is 22.9 Å². The predicted octanol–water partition coefficient (Wildman–Crippen LogP) is 2.23. The number of carbonyl (C=O) groups is 2. The van der Waals surface area contributed by atoms with Gasteiger partial charge in [0.05, 0.1) is 25.2 Å². The zero-order valence-corrected chi connectivity index (χ0v) is 16.4. The highest BCUT2D eigenvalue weighted by Crippen LogP contribution is 2.16. The van der Waals surface area contributed by atoms with Crippen LogP contribution < -0.4 is 10.1 Å². The van der Waals surface area contributed by atoms with Crippen molar-refractivity contribution in [1.29, 1.82) is 0 Å². The van der Waals surface area contributed by atoms with Crippen LogP contribution in [0.5, 0.6) is 5.75 Å². The maximum absolute atomic E-state index is 13.0. The molecule has 3 rings (SSSR count). The molecular weight excluding hydrogens is 390 g/mol. The van der Waals surface area contributed by atoms with Gasteiger partial charge >= 0.3 is 0 Å². The number of methoxy groups -OCH3 is 1. The van der Waals surface area contributed by atoms with E-state index in [0.717, 1.165) is 0 Å². The van der Waals surface area contributed by atoms with Crippen molar-refractivity contribution >= 4 is 23.6 Å². The predicted molar refractivity (Wildman–Crippen MR) is 109 cm³/mol. The van der Waals surface area contributed by atoms with Crippen LogP contribution >= 0.6 is 0 Å². The maximum Gasteiger partial charge on any atom is 0.270 e. The Bertz CT molecular complexity index is 948. The Balaban J connectivity index is 1.85. The van der Waals surface area contributed by atoms with E-state index in [4.69, 9.17) is 9.47 Å². The van der Waals surface area contributed by atoms with E-state index in [1.54, 1.807) is 42.4 Å². The van der Waals surface area contributed by atoms with E-state index in [2.05, 4.69) is 5.32 Å². The summed E-state index contributed by atoms with van der Waals surface area (Å²) in [5, 5.41) is 13.4. The molecule has 2 aromatic rings. The van der Waals surface area contributed by atoms with Crippen molar-refractivity contribution in [2.24, 2.45) is 0 Å². The SMILES string of the molecule is COc1ccc(/C=C(/NC(=O)c2ccc([N+](=O)[O-])cc2)C(=O)N2CCOCC2)cc1. The number of nitrogens with zero attached hydrogens (tertiary/aromatic N) is 2. The number of benzene rings is 2. The zero-order valence-electron chi connectivity index (χ0n) is 16.4. The van der Waals surface area contributed by atoms with Crippen molar-refractivity contribution in [2.75, 3.05) is 33.4 Å². The van der Waals surface area contributed by atoms with Crippen LogP contribution in [0.3, 0.4) is 0 Å². The molecule has 156 valence electrons. The summed E-state index contributed by atoms with van der Waals surface area (Å²) < 4.78 is 10.4. The lowest BCUT2D eigenvalue weighted by molar-refractivity contribution is -0.384. The van der Waals surface area contributed by atoms with Gasteiger partial charge in [-0.1, -0.05) is 12.1 Å². The van der Waals surface area contributed by atoms with Crippen LogP contribution in [-0.2, 0) is 9.53 Å². The molecule has 2 aromatic carbocycles. The highest BCUT2D eigenvalue weighted by molar-refractivity contribution is 6.05. The molecule has 0 saturated carbocycles. The number of morpholine rings is 1. The van der Waals surface area contributed by atoms with Gasteiger partial charge in [-0.25, -0.2) is 0 Å². The van der Waals surface area contributed by atoms with Crippen molar-refractivity contribution in [2.45, 2.75) is 0 Å². The number of hydrogen-bond acceptors (Lipinski definition) is 6. The topological polar surface area (TPSA) is 111 Å². The van der Waals surface area contributed by atoms with Gasteiger partial charge in [-0.3, -0.25) is 19.7 Å². The van der Waals surface area contributed by atoms with Crippen molar-refractivity contribution < 1.29 is 24.0 Å². The molecule has 0 bridgehead atoms. The Morgan fingerprint density at radius 3 is 2.30 bits per heavy atom. The third-order valence-electron chi connectivity index (χ3n) is 4.54. The first-order valence-corrected chi connectivity index (χ1v) is 9.26. The molecule has 9 heteroatoms. The summed E-state index contributed by atoms with van der Waals surface area (Å²) in [4.78, 5) is 37.5. The molecular formula is C21H21N3O6. The van der Waals surface area contributed by atoms with Gasteiger partial charge < -0.3 is 19.7 Å². The molecule has 9 nitrogen and oxygen atoms in total. The first-order valence-electron chi connectivity index (χ1n) is 9.26. The van der Waals surface area contributed by atoms with Crippen LogP contribution in [-0.4, -0.2) is 55.1 Å². The van der Waals surface area contributed by atoms with Gasteiger partial charge in [-0.15, -0.1) is 0 Å². The second-order valence-electron chi connectivity index (χ2n) is 6.49. The normalized spacial score (nSPS) is 14.2. The Kier molecular flexibility index (Phi) is 6.76. The number of nitrogens with one attached hydrogen (secondary N) is 1. The summed E-state index contributed by atoms with van der Waals surface area (Å²) in [6, 6.07) is 12.2. The van der Waals surface area contributed by atoms with Gasteiger partial charge in [0.15, 0.2) is 0 Å². The highest BCUT2D eigenvalue weighted by atomic mass is 16.6. The average Bonchev–Trinajstić information content (AvgIpc) is 2.79. The molecule has 0 spiro atoms. The lowest BCUT2D eigenvalue weighted by Crippen LogP contribution is -2.44. The monoisotopic (exact) mass is 411 g/mol. The molecule has 30 heavy (non-hydrogen) atoms. The molecule has 1 N–H and O–H groups in total. The fourth-order valence-corrected chi connectivity index (χ4v) is 2.88. The first kappa shape index (κ1) is 21.0. The van der Waals surface area contributed by atoms with E-state index in [1.165, 1.54) is 24.3 Å². The molecule has 1 aliphatic rings. The summed E-state index contributed by atoms with van der Waals surface area (Å²) in [5.41, 5.74) is 0.891. The second kappa shape index (κ2) is 9.66. The zero-order chi connectivity index (χ0) is 21.5. The molecule has 1 fully saturated rings. The summed E-state index contributed by atoms with van der Waals surface area (Å²) in [7, 11) is 1.56. The number of ether oxygens (including phenoxy) is 2. The summed E-state index contributed by atoms with van der Waals surface area (Å²) in [5.74, 6) is -0.196. The lowest BCUT2D eigenvalue weighted by Gasteiger charge is -2.27. The highest BCUT2D eigenvalue weighted by Gasteiger charge is 2.23. The Hall–Kier alpha value is -3.72. The molecule has 0 aliphatic carbocycles. The first-order chi connectivity index (χ1) is 14.5. The van der Waals surface area contributed by atoms with Crippen molar-refractivity contribution in [1.82, 2.24) is 10.2 Å². The third-order valence-corrected chi connectivity index (χ3v) is 4.54. The minimum Gasteiger partial charge on any atom is -0.497 e. The second-order valence-corrected chi connectivity index (χ2v) is 6.49. The van der Waals surface area contributed by atoms with Gasteiger partial charge in [0, 0.05) is 30.8 Å². The van der Waals surface area contributed by atoms with Gasteiger partial charge in [0.25, 0.3) is 17.5 Å². The van der Waals surface area contributed by atoms with E-state index < -0.39 is 10.8 Å². The van der Waals surface area contributed by atoms with Gasteiger partial charge in [-0.2, -0.15) is 0 Å². The molecule has 0 aromatic heterocycles. The van der Waals surface area contributed by atoms with Crippen LogP contribution in [0, 0.1) is 10.1 Å². The summed E-state index contributed by atoms with van der Waals surface area (Å²) in [6.07, 6.45) is 1.58. The number of hydrogen-bond donors (Lipinski definition) is 1. The number of carbonyl (C=O) groups excluding carboxylic acids is 2. The molecule has 1 heterocycles. The number of amides is 2. The number of nitro benzene ring substituents is 1. The minimum atomic E-state index is -0.543. The molecule has 0 atom stereocenters. The van der Waals surface area contributed by atoms with Crippen molar-refractivity contribution in [3.8, 4) is 5.75 Å². The van der Waals surface area contributed by atoms with Gasteiger partial charge in [0.1, 0.15) is 11.4 Å². The van der Waals surface area contributed by atoms with Crippen molar-refractivity contribution in [3.05, 3.63) is 75.5 Å². The fourth-order valence-electron chi connectivity index (χ4n) is 2.88. The van der Waals surface area contributed by atoms with Crippen LogP contribution in [0.15, 0.2) is 54.2 Å². The van der Waals surface area contributed by atoms with Crippen LogP contribution in [0.1, 0.15) is 15.9 Å². The average molecular weight is 411 g/mol. The molecule has 1 aliphatic heterocycles. The Labute approximate surface area is 173 Å². The number of nitro groups is 1. The van der Waals surface area contributed by atoms with Gasteiger partial charge in [-0.05, 0) is 35.9 Å². The summed E-state index contributed by atoms with van der Waals surface area (Å²) in [6.45, 7) is 1.70. The molecule has 0 unspecified atom stereocenters. The fraction of sp³-hybridized carbons (Fsp3) is 0.238. The minimum absolute atomic E-state index is 0.102. The Morgan fingerprint density at radius 1 is 1.10 bits per heavy atom. The van der Waals surface area contributed by atoms with Crippen LogP contribution in [0.4, 0.5) is 5.69 Å². The van der Waals surface area contributed by atoms with Crippen LogP contribution in [0.2, 0.25) is 0 Å². The van der Waals surface area contributed by atoms with E-state index in [9.17, 15) is 19.7 Å². The maximum atomic E-state index is 13.0. The standard InChI is InChI=1S/C21H21N3O6/c1-29-18-8-2-15(3-9-18)14-19(21(26)23-10-12-30-13-11-23)22-20(25)16-4-6-17(7-5-16)24(27)28/h2-9,14H,10-13H2,1H3,(H,22,25)/b19-14+. The summed E-state index contributed by atoms with van der Waals surface area (Å²) >= 11 is 0. The molecule has 2 amide bonds. The largest absolute Gasteiger partial charge is 0.497 e.